The summed E-state index contributed by atoms with van der Waals surface area (Å²) in [6.07, 6.45) is 6.74. The first kappa shape index (κ1) is 18.6. The van der Waals surface area contributed by atoms with Crippen molar-refractivity contribution >= 4 is 23.1 Å². The monoisotopic (exact) mass is 365 g/mol. The molecule has 1 aliphatic rings. The molecule has 0 aliphatic carbocycles. The van der Waals surface area contributed by atoms with Crippen molar-refractivity contribution in [1.29, 1.82) is 0 Å². The van der Waals surface area contributed by atoms with Gasteiger partial charge in [0.05, 0.1) is 6.20 Å². The standard InChI is InChI=1S/C21H23N3O3/c1-4-6-14(2)21-22-13-19(27-21)16-8-10-17(11-9-16)23-20(26)18-7-5-12-24(18)15(3)25/h4,6,8-11,13,18H,1,5,7,12H2,2-3H3,(H,23,26). The molecule has 1 fully saturated rings. The number of anilines is 1. The van der Waals surface area contributed by atoms with E-state index in [1.165, 1.54) is 6.92 Å². The Bertz CT molecular complexity index is 880. The molecule has 1 aromatic heterocycles. The second-order valence-corrected chi connectivity index (χ2v) is 6.55. The average Bonchev–Trinajstić information content (AvgIpc) is 3.32. The molecule has 0 radical (unpaired) electrons. The number of rotatable bonds is 5. The van der Waals surface area contributed by atoms with Crippen molar-refractivity contribution in [2.45, 2.75) is 32.7 Å². The van der Waals surface area contributed by atoms with Gasteiger partial charge in [0, 0.05) is 30.3 Å². The molecule has 1 aliphatic heterocycles. The second kappa shape index (κ2) is 8.03. The van der Waals surface area contributed by atoms with Gasteiger partial charge in [-0.25, -0.2) is 4.98 Å². The third-order valence-electron chi connectivity index (χ3n) is 4.61. The summed E-state index contributed by atoms with van der Waals surface area (Å²) in [6.45, 7) is 7.71. The van der Waals surface area contributed by atoms with Gasteiger partial charge in [0.25, 0.3) is 0 Å². The largest absolute Gasteiger partial charge is 0.437 e. The lowest BCUT2D eigenvalue weighted by atomic mass is 10.1. The highest BCUT2D eigenvalue weighted by atomic mass is 16.4. The molecule has 1 N–H and O–H groups in total. The molecular weight excluding hydrogens is 342 g/mol. The van der Waals surface area contributed by atoms with E-state index < -0.39 is 6.04 Å². The molecule has 1 atom stereocenters. The fraction of sp³-hybridized carbons (Fsp3) is 0.286. The van der Waals surface area contributed by atoms with Gasteiger partial charge >= 0.3 is 0 Å². The van der Waals surface area contributed by atoms with Crippen LogP contribution in [0.15, 0.2) is 53.6 Å². The molecule has 1 aromatic carbocycles. The van der Waals surface area contributed by atoms with Crippen LogP contribution in [-0.2, 0) is 9.59 Å². The summed E-state index contributed by atoms with van der Waals surface area (Å²) < 4.78 is 5.77. The van der Waals surface area contributed by atoms with Crippen molar-refractivity contribution in [3.63, 3.8) is 0 Å². The minimum absolute atomic E-state index is 0.0649. The highest BCUT2D eigenvalue weighted by molar-refractivity contribution is 5.97. The second-order valence-electron chi connectivity index (χ2n) is 6.55. The summed E-state index contributed by atoms with van der Waals surface area (Å²) in [4.78, 5) is 30.0. The van der Waals surface area contributed by atoms with Crippen molar-refractivity contribution in [3.8, 4) is 11.3 Å². The molecule has 0 spiro atoms. The molecule has 6 nitrogen and oxygen atoms in total. The smallest absolute Gasteiger partial charge is 0.247 e. The van der Waals surface area contributed by atoms with E-state index >= 15 is 0 Å². The van der Waals surface area contributed by atoms with Gasteiger partial charge in [-0.2, -0.15) is 0 Å². The van der Waals surface area contributed by atoms with Gasteiger partial charge in [-0.1, -0.05) is 18.7 Å². The van der Waals surface area contributed by atoms with Crippen LogP contribution in [0.25, 0.3) is 16.9 Å². The van der Waals surface area contributed by atoms with Gasteiger partial charge in [0.2, 0.25) is 17.7 Å². The van der Waals surface area contributed by atoms with Crippen LogP contribution >= 0.6 is 0 Å². The molecule has 2 heterocycles. The van der Waals surface area contributed by atoms with Gasteiger partial charge < -0.3 is 14.6 Å². The zero-order chi connectivity index (χ0) is 19.4. The van der Waals surface area contributed by atoms with Crippen molar-refractivity contribution in [1.82, 2.24) is 9.88 Å². The van der Waals surface area contributed by atoms with Gasteiger partial charge in [-0.05, 0) is 44.0 Å². The predicted molar refractivity (Wildman–Crippen MR) is 105 cm³/mol. The Hall–Kier alpha value is -3.15. The Kier molecular flexibility index (Phi) is 5.54. The van der Waals surface area contributed by atoms with Crippen LogP contribution in [0.2, 0.25) is 0 Å². The molecule has 3 rings (SSSR count). The summed E-state index contributed by atoms with van der Waals surface area (Å²) in [6, 6.07) is 6.97. The topological polar surface area (TPSA) is 75.4 Å². The van der Waals surface area contributed by atoms with E-state index in [0.29, 0.717) is 30.3 Å². The Labute approximate surface area is 158 Å². The van der Waals surface area contributed by atoms with Crippen molar-refractivity contribution in [2.75, 3.05) is 11.9 Å². The minimum atomic E-state index is -0.390. The Morgan fingerprint density at radius 2 is 2.04 bits per heavy atom. The Balaban J connectivity index is 1.69. The van der Waals surface area contributed by atoms with E-state index in [4.69, 9.17) is 4.42 Å². The molecule has 2 aromatic rings. The number of oxazole rings is 1. The molecular formula is C21H23N3O3. The van der Waals surface area contributed by atoms with Crippen molar-refractivity contribution < 1.29 is 14.0 Å². The summed E-state index contributed by atoms with van der Waals surface area (Å²) in [7, 11) is 0. The SMILES string of the molecule is C=CC=C(C)c1ncc(-c2ccc(NC(=O)C3CCCN3C(C)=O)cc2)o1. The first-order valence-corrected chi connectivity index (χ1v) is 8.93. The third-order valence-corrected chi connectivity index (χ3v) is 4.61. The zero-order valence-corrected chi connectivity index (χ0v) is 15.6. The fourth-order valence-electron chi connectivity index (χ4n) is 3.20. The van der Waals surface area contributed by atoms with E-state index in [9.17, 15) is 9.59 Å². The molecule has 6 heteroatoms. The Morgan fingerprint density at radius 1 is 1.30 bits per heavy atom. The summed E-state index contributed by atoms with van der Waals surface area (Å²) in [5.41, 5.74) is 2.44. The molecule has 2 amide bonds. The van der Waals surface area contributed by atoms with Crippen LogP contribution in [-0.4, -0.2) is 34.3 Å². The molecule has 140 valence electrons. The number of aromatic nitrogens is 1. The summed E-state index contributed by atoms with van der Waals surface area (Å²) in [5, 5.41) is 2.89. The normalized spacial score (nSPS) is 17.0. The molecule has 0 saturated carbocycles. The molecule has 1 saturated heterocycles. The third kappa shape index (κ3) is 4.16. The van der Waals surface area contributed by atoms with E-state index in [1.807, 2.05) is 37.3 Å². The predicted octanol–water partition coefficient (Wildman–Crippen LogP) is 3.88. The zero-order valence-electron chi connectivity index (χ0n) is 15.6. The van der Waals surface area contributed by atoms with E-state index in [1.54, 1.807) is 17.2 Å². The van der Waals surface area contributed by atoms with E-state index in [2.05, 4.69) is 16.9 Å². The first-order chi connectivity index (χ1) is 13.0. The van der Waals surface area contributed by atoms with Crippen molar-refractivity contribution in [2.24, 2.45) is 0 Å². The lowest BCUT2D eigenvalue weighted by Gasteiger charge is -2.22. The van der Waals surface area contributed by atoms with Gasteiger partial charge in [0.1, 0.15) is 6.04 Å². The number of hydrogen-bond acceptors (Lipinski definition) is 4. The molecule has 0 bridgehead atoms. The summed E-state index contributed by atoms with van der Waals surface area (Å²) >= 11 is 0. The van der Waals surface area contributed by atoms with Crippen LogP contribution in [0, 0.1) is 0 Å². The first-order valence-electron chi connectivity index (χ1n) is 8.93. The quantitative estimate of drug-likeness (QED) is 0.816. The number of likely N-dealkylation sites (tertiary alicyclic amines) is 1. The number of nitrogens with zero attached hydrogens (tertiary/aromatic N) is 2. The van der Waals surface area contributed by atoms with Gasteiger partial charge in [-0.15, -0.1) is 0 Å². The highest BCUT2D eigenvalue weighted by Crippen LogP contribution is 2.25. The van der Waals surface area contributed by atoms with Crippen LogP contribution in [0.4, 0.5) is 5.69 Å². The van der Waals surface area contributed by atoms with Crippen LogP contribution in [0.3, 0.4) is 0 Å². The minimum Gasteiger partial charge on any atom is -0.437 e. The maximum Gasteiger partial charge on any atom is 0.247 e. The number of carbonyl (C=O) groups excluding carboxylic acids is 2. The van der Waals surface area contributed by atoms with Crippen LogP contribution < -0.4 is 5.32 Å². The highest BCUT2D eigenvalue weighted by Gasteiger charge is 2.32. The maximum absolute atomic E-state index is 12.5. The number of hydrogen-bond donors (Lipinski definition) is 1. The van der Waals surface area contributed by atoms with Gasteiger partial charge in [-0.3, -0.25) is 9.59 Å². The Morgan fingerprint density at radius 3 is 2.70 bits per heavy atom. The lowest BCUT2D eigenvalue weighted by molar-refractivity contribution is -0.134. The fourth-order valence-corrected chi connectivity index (χ4v) is 3.20. The van der Waals surface area contributed by atoms with Gasteiger partial charge in [0.15, 0.2) is 5.76 Å². The van der Waals surface area contributed by atoms with E-state index in [0.717, 1.165) is 17.6 Å². The number of nitrogens with one attached hydrogen (secondary N) is 1. The number of amides is 2. The van der Waals surface area contributed by atoms with Crippen LogP contribution in [0.5, 0.6) is 0 Å². The average molecular weight is 365 g/mol. The molecule has 1 unspecified atom stereocenters. The number of benzene rings is 1. The van der Waals surface area contributed by atoms with E-state index in [-0.39, 0.29) is 11.8 Å². The van der Waals surface area contributed by atoms with Crippen LogP contribution in [0.1, 0.15) is 32.6 Å². The number of allylic oxidation sites excluding steroid dienone is 3. The summed E-state index contributed by atoms with van der Waals surface area (Å²) in [5.74, 6) is 0.985. The number of carbonyl (C=O) groups is 2. The molecule has 27 heavy (non-hydrogen) atoms. The van der Waals surface area contributed by atoms with Crippen molar-refractivity contribution in [3.05, 3.63) is 55.1 Å². The maximum atomic E-state index is 12.5. The lowest BCUT2D eigenvalue weighted by Crippen LogP contribution is -2.42.